The first-order chi connectivity index (χ1) is 9.29. The zero-order valence-corrected chi connectivity index (χ0v) is 11.1. The number of benzene rings is 1. The van der Waals surface area contributed by atoms with Gasteiger partial charge in [-0.2, -0.15) is 0 Å². The molecule has 2 aromatic rings. The van der Waals surface area contributed by atoms with Gasteiger partial charge in [0.05, 0.1) is 17.1 Å². The van der Waals surface area contributed by atoms with Crippen LogP contribution in [0.4, 0.5) is 0 Å². The van der Waals surface area contributed by atoms with Gasteiger partial charge in [-0.25, -0.2) is 0 Å². The number of aliphatic hydroxyl groups is 1. The first-order valence-corrected chi connectivity index (χ1v) is 6.22. The van der Waals surface area contributed by atoms with Gasteiger partial charge in [0.15, 0.2) is 0 Å². The molecule has 2 unspecified atom stereocenters. The number of rotatable bonds is 0. The topological polar surface area (TPSA) is 121 Å². The summed E-state index contributed by atoms with van der Waals surface area (Å²) in [5.74, 6) is 0.489. The second-order valence-electron chi connectivity index (χ2n) is 5.52. The largest absolute Gasteiger partial charge is 0.485 e. The highest BCUT2D eigenvalue weighted by Crippen LogP contribution is 2.39. The maximum atomic E-state index is 11.3. The first kappa shape index (κ1) is 12.9. The van der Waals surface area contributed by atoms with E-state index in [9.17, 15) is 14.7 Å². The molecule has 2 atom stereocenters. The van der Waals surface area contributed by atoms with Crippen molar-refractivity contribution >= 4 is 11.0 Å². The van der Waals surface area contributed by atoms with Crippen molar-refractivity contribution in [1.82, 2.24) is 9.97 Å². The molecule has 0 bridgehead atoms. The number of aliphatic hydroxyl groups excluding tert-OH is 1. The Morgan fingerprint density at radius 3 is 2.35 bits per heavy atom. The molecule has 5 N–H and O–H groups in total. The molecule has 0 fully saturated rings. The van der Waals surface area contributed by atoms with Crippen LogP contribution in [0.15, 0.2) is 21.7 Å². The number of fused-ring (bicyclic) bond motifs is 2. The normalized spacial score (nSPS) is 24.2. The predicted octanol–water partition coefficient (Wildman–Crippen LogP) is -0.252. The standard InChI is InChI=1S/C13H15N3O4/c1-13(2)10(17)9(14)5-3-6-7(4-8(5)20-13)16-12(19)11(18)15-6/h3-4,9-10,17H,14H2,1-2H3,(H,15,18)(H,16,19). The molecule has 0 aliphatic carbocycles. The van der Waals surface area contributed by atoms with Crippen molar-refractivity contribution in [3.8, 4) is 5.75 Å². The molecule has 106 valence electrons. The summed E-state index contributed by atoms with van der Waals surface area (Å²) in [5, 5.41) is 10.1. The van der Waals surface area contributed by atoms with Gasteiger partial charge in [-0.15, -0.1) is 0 Å². The Balaban J connectivity index is 2.29. The molecule has 0 spiro atoms. The third kappa shape index (κ3) is 1.75. The SMILES string of the molecule is CC1(C)Oc2cc3[nH]c(=O)c(=O)[nH]c3cc2C(N)C1O. The van der Waals surface area contributed by atoms with Gasteiger partial charge < -0.3 is 25.5 Å². The van der Waals surface area contributed by atoms with Gasteiger partial charge in [0.2, 0.25) is 0 Å². The molecule has 0 saturated heterocycles. The molecule has 2 heterocycles. The zero-order chi connectivity index (χ0) is 14.7. The van der Waals surface area contributed by atoms with E-state index in [1.165, 1.54) is 0 Å². The number of aromatic nitrogens is 2. The highest BCUT2D eigenvalue weighted by Gasteiger charge is 2.41. The lowest BCUT2D eigenvalue weighted by molar-refractivity contribution is -0.0570. The zero-order valence-electron chi connectivity index (χ0n) is 11.1. The molecule has 0 radical (unpaired) electrons. The molecule has 1 aliphatic heterocycles. The van der Waals surface area contributed by atoms with Crippen molar-refractivity contribution in [3.63, 3.8) is 0 Å². The Morgan fingerprint density at radius 1 is 1.20 bits per heavy atom. The summed E-state index contributed by atoms with van der Waals surface area (Å²) in [4.78, 5) is 27.6. The lowest BCUT2D eigenvalue weighted by Gasteiger charge is -2.40. The molecule has 7 nitrogen and oxygen atoms in total. The number of ether oxygens (including phenoxy) is 1. The van der Waals surface area contributed by atoms with Crippen LogP contribution < -0.4 is 21.6 Å². The van der Waals surface area contributed by atoms with Gasteiger partial charge in [0, 0.05) is 11.6 Å². The summed E-state index contributed by atoms with van der Waals surface area (Å²) in [5.41, 5.74) is 5.23. The minimum absolute atomic E-state index is 0.444. The van der Waals surface area contributed by atoms with Crippen molar-refractivity contribution in [2.75, 3.05) is 0 Å². The van der Waals surface area contributed by atoms with E-state index >= 15 is 0 Å². The molecular formula is C13H15N3O4. The van der Waals surface area contributed by atoms with Crippen LogP contribution in [0, 0.1) is 0 Å². The monoisotopic (exact) mass is 277 g/mol. The highest BCUT2D eigenvalue weighted by molar-refractivity contribution is 5.77. The number of hydrogen-bond acceptors (Lipinski definition) is 5. The van der Waals surface area contributed by atoms with E-state index in [-0.39, 0.29) is 0 Å². The third-order valence-corrected chi connectivity index (χ3v) is 3.64. The molecule has 0 saturated carbocycles. The fourth-order valence-electron chi connectivity index (χ4n) is 2.46. The second-order valence-corrected chi connectivity index (χ2v) is 5.52. The summed E-state index contributed by atoms with van der Waals surface area (Å²) in [7, 11) is 0. The van der Waals surface area contributed by atoms with Gasteiger partial charge >= 0.3 is 11.1 Å². The molecule has 0 amide bonds. The summed E-state index contributed by atoms with van der Waals surface area (Å²) >= 11 is 0. The van der Waals surface area contributed by atoms with Crippen LogP contribution in [0.3, 0.4) is 0 Å². The predicted molar refractivity (Wildman–Crippen MR) is 72.8 cm³/mol. The summed E-state index contributed by atoms with van der Waals surface area (Å²) in [6, 6.07) is 2.59. The van der Waals surface area contributed by atoms with E-state index in [4.69, 9.17) is 10.5 Å². The van der Waals surface area contributed by atoms with Crippen molar-refractivity contribution in [2.45, 2.75) is 31.6 Å². The third-order valence-electron chi connectivity index (χ3n) is 3.64. The molecule has 7 heteroatoms. The first-order valence-electron chi connectivity index (χ1n) is 6.22. The van der Waals surface area contributed by atoms with Crippen LogP contribution in [0.2, 0.25) is 0 Å². The quantitative estimate of drug-likeness (QED) is 0.495. The van der Waals surface area contributed by atoms with E-state index in [2.05, 4.69) is 9.97 Å². The van der Waals surface area contributed by atoms with Crippen molar-refractivity contribution in [1.29, 1.82) is 0 Å². The molecular weight excluding hydrogens is 262 g/mol. The summed E-state index contributed by atoms with van der Waals surface area (Å²) in [6.07, 6.45) is -0.873. The minimum atomic E-state index is -0.873. The Hall–Kier alpha value is -2.12. The van der Waals surface area contributed by atoms with Gasteiger partial charge in [0.25, 0.3) is 0 Å². The van der Waals surface area contributed by atoms with Crippen LogP contribution in [-0.4, -0.2) is 26.8 Å². The number of aromatic amines is 2. The maximum absolute atomic E-state index is 11.3. The van der Waals surface area contributed by atoms with Gasteiger partial charge in [-0.1, -0.05) is 0 Å². The number of nitrogens with two attached hydrogens (primary N) is 1. The maximum Gasteiger partial charge on any atom is 0.314 e. The fraction of sp³-hybridized carbons (Fsp3) is 0.385. The van der Waals surface area contributed by atoms with Crippen molar-refractivity contribution in [2.24, 2.45) is 5.73 Å². The Labute approximate surface area is 113 Å². The molecule has 1 aliphatic rings. The number of hydrogen-bond donors (Lipinski definition) is 4. The van der Waals surface area contributed by atoms with E-state index in [1.54, 1.807) is 26.0 Å². The molecule has 1 aromatic heterocycles. The van der Waals surface area contributed by atoms with Gasteiger partial charge in [-0.05, 0) is 19.9 Å². The van der Waals surface area contributed by atoms with E-state index in [0.29, 0.717) is 22.3 Å². The number of nitrogens with one attached hydrogen (secondary N) is 2. The lowest BCUT2D eigenvalue weighted by Crippen LogP contribution is -2.51. The summed E-state index contributed by atoms with van der Waals surface area (Å²) in [6.45, 7) is 3.47. The average Bonchev–Trinajstić information content (AvgIpc) is 2.36. The smallest absolute Gasteiger partial charge is 0.314 e. The average molecular weight is 277 g/mol. The van der Waals surface area contributed by atoms with Crippen molar-refractivity contribution < 1.29 is 9.84 Å². The molecule has 1 aromatic carbocycles. The van der Waals surface area contributed by atoms with E-state index in [1.807, 2.05) is 0 Å². The number of H-pyrrole nitrogens is 2. The van der Waals surface area contributed by atoms with Crippen LogP contribution >= 0.6 is 0 Å². The summed E-state index contributed by atoms with van der Waals surface area (Å²) < 4.78 is 5.74. The van der Waals surface area contributed by atoms with Crippen LogP contribution in [0.5, 0.6) is 5.75 Å². The van der Waals surface area contributed by atoms with E-state index in [0.717, 1.165) is 0 Å². The lowest BCUT2D eigenvalue weighted by atomic mass is 9.87. The molecule has 20 heavy (non-hydrogen) atoms. The van der Waals surface area contributed by atoms with Crippen LogP contribution in [0.25, 0.3) is 11.0 Å². The Morgan fingerprint density at radius 2 is 1.75 bits per heavy atom. The van der Waals surface area contributed by atoms with Gasteiger partial charge in [0.1, 0.15) is 17.5 Å². The Kier molecular flexibility index (Phi) is 2.54. The highest BCUT2D eigenvalue weighted by atomic mass is 16.5. The second kappa shape index (κ2) is 3.94. The van der Waals surface area contributed by atoms with Gasteiger partial charge in [-0.3, -0.25) is 9.59 Å². The fourth-order valence-corrected chi connectivity index (χ4v) is 2.46. The minimum Gasteiger partial charge on any atom is -0.485 e. The molecule has 3 rings (SSSR count). The van der Waals surface area contributed by atoms with Crippen LogP contribution in [0.1, 0.15) is 25.5 Å². The van der Waals surface area contributed by atoms with Crippen LogP contribution in [-0.2, 0) is 0 Å². The van der Waals surface area contributed by atoms with Crippen molar-refractivity contribution in [3.05, 3.63) is 38.4 Å². The van der Waals surface area contributed by atoms with E-state index < -0.39 is 28.9 Å². The Bertz CT molecular complexity index is 805.